The summed E-state index contributed by atoms with van der Waals surface area (Å²) in [6.45, 7) is 16.8. The quantitative estimate of drug-likeness (QED) is 0.258. The standard InChI is InChI=1S/C10H19OSi.3C4H9.Sn/c1-9-6-5-7-10(8-9)11-12(2,3)4;3*1-3-4-2;/h8H,5-7H2,1-4H3;3*1,3-4H2,2H3;. The first-order valence-corrected chi connectivity index (χ1v) is 22.0. The van der Waals surface area contributed by atoms with Crippen molar-refractivity contribution >= 4 is 26.7 Å². The third-order valence-electron chi connectivity index (χ3n) is 6.27. The minimum atomic E-state index is -2.27. The summed E-state index contributed by atoms with van der Waals surface area (Å²) >= 11 is -2.27. The van der Waals surface area contributed by atoms with Crippen LogP contribution in [0.15, 0.2) is 11.8 Å². The van der Waals surface area contributed by atoms with Gasteiger partial charge < -0.3 is 0 Å². The van der Waals surface area contributed by atoms with E-state index in [1.165, 1.54) is 63.5 Å². The summed E-state index contributed by atoms with van der Waals surface area (Å²) in [4.78, 5) is 0. The molecule has 0 fully saturated rings. The van der Waals surface area contributed by atoms with E-state index in [9.17, 15) is 0 Å². The van der Waals surface area contributed by atoms with Crippen LogP contribution in [0.3, 0.4) is 0 Å². The van der Waals surface area contributed by atoms with E-state index in [4.69, 9.17) is 4.43 Å². The summed E-state index contributed by atoms with van der Waals surface area (Å²) < 4.78 is 11.9. The second-order valence-corrected chi connectivity index (χ2v) is 29.0. The number of hydrogen-bond acceptors (Lipinski definition) is 1. The Kier molecular flexibility index (Phi) is 10.2. The second-order valence-electron chi connectivity index (χ2n) is 9.69. The van der Waals surface area contributed by atoms with Gasteiger partial charge in [0.05, 0.1) is 0 Å². The van der Waals surface area contributed by atoms with Gasteiger partial charge in [-0.1, -0.05) is 0 Å². The fourth-order valence-electron chi connectivity index (χ4n) is 4.80. The zero-order chi connectivity index (χ0) is 19.0. The topological polar surface area (TPSA) is 9.23 Å². The van der Waals surface area contributed by atoms with Gasteiger partial charge in [-0.05, 0) is 0 Å². The van der Waals surface area contributed by atoms with Crippen molar-refractivity contribution in [2.24, 2.45) is 0 Å². The Labute approximate surface area is 164 Å². The minimum absolute atomic E-state index is 0.529. The molecular formula is C22H46OSiSn. The molecule has 0 aliphatic heterocycles. The summed E-state index contributed by atoms with van der Waals surface area (Å²) in [5.74, 6) is 1.37. The van der Waals surface area contributed by atoms with Gasteiger partial charge in [0.15, 0.2) is 0 Å². The van der Waals surface area contributed by atoms with Crippen LogP contribution in [-0.4, -0.2) is 26.7 Å². The number of unbranched alkanes of at least 4 members (excludes halogenated alkanes) is 3. The van der Waals surface area contributed by atoms with Gasteiger partial charge >= 0.3 is 165 Å². The van der Waals surface area contributed by atoms with Crippen molar-refractivity contribution < 1.29 is 4.43 Å². The molecule has 0 amide bonds. The molecule has 0 radical (unpaired) electrons. The van der Waals surface area contributed by atoms with Gasteiger partial charge in [0.1, 0.15) is 0 Å². The third-order valence-corrected chi connectivity index (χ3v) is 26.4. The molecule has 148 valence electrons. The van der Waals surface area contributed by atoms with E-state index in [0.717, 1.165) is 0 Å². The molecule has 1 aliphatic carbocycles. The average molecular weight is 473 g/mol. The van der Waals surface area contributed by atoms with Crippen LogP contribution in [0.4, 0.5) is 0 Å². The van der Waals surface area contributed by atoms with Crippen molar-refractivity contribution in [2.75, 3.05) is 0 Å². The van der Waals surface area contributed by atoms with E-state index < -0.39 is 26.7 Å². The predicted molar refractivity (Wildman–Crippen MR) is 120 cm³/mol. The SMILES string of the molecule is CCC[CH2][Sn]([CH2]CCC)([CH2]CCC)[C]1(C)C=C(O[Si](C)(C)C)CCC1. The van der Waals surface area contributed by atoms with Crippen LogP contribution in [0.25, 0.3) is 0 Å². The van der Waals surface area contributed by atoms with Gasteiger partial charge in [0.2, 0.25) is 0 Å². The normalized spacial score (nSPS) is 22.0. The molecule has 0 saturated carbocycles. The molecule has 0 heterocycles. The van der Waals surface area contributed by atoms with Crippen LogP contribution < -0.4 is 0 Å². The molecule has 0 saturated heterocycles. The molecule has 0 spiro atoms. The summed E-state index contributed by atoms with van der Waals surface area (Å²) in [6.07, 6.45) is 15.2. The Morgan fingerprint density at radius 3 is 1.84 bits per heavy atom. The molecule has 1 atom stereocenters. The molecule has 1 nitrogen and oxygen atoms in total. The molecule has 25 heavy (non-hydrogen) atoms. The van der Waals surface area contributed by atoms with Gasteiger partial charge in [0, 0.05) is 0 Å². The third kappa shape index (κ3) is 7.23. The summed E-state index contributed by atoms with van der Waals surface area (Å²) in [5.41, 5.74) is 0. The molecule has 3 heteroatoms. The van der Waals surface area contributed by atoms with Crippen molar-refractivity contribution in [3.8, 4) is 0 Å². The first kappa shape index (κ1) is 23.6. The molecular weight excluding hydrogens is 427 g/mol. The van der Waals surface area contributed by atoms with E-state index >= 15 is 0 Å². The maximum atomic E-state index is 6.52. The van der Waals surface area contributed by atoms with Crippen molar-refractivity contribution in [3.63, 3.8) is 0 Å². The van der Waals surface area contributed by atoms with Crippen LogP contribution in [0.1, 0.15) is 85.5 Å². The second kappa shape index (κ2) is 10.8. The molecule has 0 bridgehead atoms. The van der Waals surface area contributed by atoms with Gasteiger partial charge in [-0.25, -0.2) is 0 Å². The Morgan fingerprint density at radius 1 is 0.960 bits per heavy atom. The van der Waals surface area contributed by atoms with E-state index in [1.54, 1.807) is 13.3 Å². The van der Waals surface area contributed by atoms with Crippen molar-refractivity contribution in [1.82, 2.24) is 0 Å². The van der Waals surface area contributed by atoms with Crippen LogP contribution in [-0.2, 0) is 4.43 Å². The Bertz CT molecular complexity index is 391. The van der Waals surface area contributed by atoms with Crippen molar-refractivity contribution in [3.05, 3.63) is 11.8 Å². The Hall–Kier alpha value is 0.556. The van der Waals surface area contributed by atoms with Crippen LogP contribution >= 0.6 is 0 Å². The van der Waals surface area contributed by atoms with Crippen molar-refractivity contribution in [2.45, 2.75) is 122 Å². The van der Waals surface area contributed by atoms with Gasteiger partial charge in [-0.15, -0.1) is 0 Å². The van der Waals surface area contributed by atoms with E-state index in [-0.39, 0.29) is 0 Å². The number of rotatable bonds is 12. The molecule has 1 unspecified atom stereocenters. The van der Waals surface area contributed by atoms with Crippen LogP contribution in [0.2, 0.25) is 36.4 Å². The predicted octanol–water partition coefficient (Wildman–Crippen LogP) is 8.52. The molecule has 0 aromatic carbocycles. The summed E-state index contributed by atoms with van der Waals surface area (Å²) in [7, 11) is -1.49. The van der Waals surface area contributed by atoms with E-state index in [1.807, 2.05) is 0 Å². The molecule has 1 aliphatic rings. The Morgan fingerprint density at radius 2 is 1.44 bits per heavy atom. The summed E-state index contributed by atoms with van der Waals surface area (Å²) in [5, 5.41) is 0. The number of allylic oxidation sites excluding steroid dienone is 2. The first-order valence-electron chi connectivity index (χ1n) is 11.1. The van der Waals surface area contributed by atoms with Gasteiger partial charge in [-0.3, -0.25) is 0 Å². The summed E-state index contributed by atoms with van der Waals surface area (Å²) in [6, 6.07) is 0. The average Bonchev–Trinajstić information content (AvgIpc) is 2.52. The zero-order valence-corrected chi connectivity index (χ0v) is 22.3. The monoisotopic (exact) mass is 474 g/mol. The Balaban J connectivity index is 3.19. The number of hydrogen-bond donors (Lipinski definition) is 0. The van der Waals surface area contributed by atoms with Gasteiger partial charge in [0.25, 0.3) is 0 Å². The molecule has 0 N–H and O–H groups in total. The van der Waals surface area contributed by atoms with Crippen LogP contribution in [0, 0.1) is 0 Å². The first-order chi connectivity index (χ1) is 11.7. The van der Waals surface area contributed by atoms with E-state index in [0.29, 0.717) is 3.43 Å². The van der Waals surface area contributed by atoms with Gasteiger partial charge in [-0.2, -0.15) is 0 Å². The van der Waals surface area contributed by atoms with Crippen molar-refractivity contribution in [1.29, 1.82) is 0 Å². The fourth-order valence-corrected chi connectivity index (χ4v) is 25.0. The maximum absolute atomic E-state index is 6.52. The molecule has 0 aromatic rings. The zero-order valence-electron chi connectivity index (χ0n) is 18.5. The molecule has 1 rings (SSSR count). The van der Waals surface area contributed by atoms with E-state index in [2.05, 4.69) is 53.4 Å². The fraction of sp³-hybridized carbons (Fsp3) is 0.909. The molecule has 0 aromatic heterocycles. The van der Waals surface area contributed by atoms with Crippen LogP contribution in [0.5, 0.6) is 0 Å².